The maximum atomic E-state index is 12.6. The summed E-state index contributed by atoms with van der Waals surface area (Å²) in [6.07, 6.45) is 1.83. The Balaban J connectivity index is 1.79. The zero-order valence-electron chi connectivity index (χ0n) is 19.1. The molecule has 0 aromatic heterocycles. The summed E-state index contributed by atoms with van der Waals surface area (Å²) < 4.78 is 30.2. The highest BCUT2D eigenvalue weighted by Crippen LogP contribution is 2.20. The van der Waals surface area contributed by atoms with Crippen molar-refractivity contribution < 1.29 is 27.3 Å². The number of hydrogen-bond donors (Lipinski definition) is 3. The van der Waals surface area contributed by atoms with Crippen molar-refractivity contribution in [1.82, 2.24) is 10.6 Å². The van der Waals surface area contributed by atoms with E-state index in [9.17, 15) is 18.0 Å². The fraction of sp³-hybridized carbons (Fsp3) is 0.154. The Bertz CT molecular complexity index is 1290. The lowest BCUT2D eigenvalue weighted by molar-refractivity contribution is -0.117. The number of rotatable bonds is 10. The number of aryl methyl sites for hydroxylation is 1. The zero-order chi connectivity index (χ0) is 25.3. The van der Waals surface area contributed by atoms with E-state index in [1.54, 1.807) is 54.6 Å². The molecular formula is C26H26N2O6S. The summed E-state index contributed by atoms with van der Waals surface area (Å²) in [7, 11) is -4.00. The van der Waals surface area contributed by atoms with Gasteiger partial charge in [-0.3, -0.25) is 9.59 Å². The van der Waals surface area contributed by atoms with E-state index < -0.39 is 21.9 Å². The third kappa shape index (κ3) is 7.53. The predicted molar refractivity (Wildman–Crippen MR) is 132 cm³/mol. The summed E-state index contributed by atoms with van der Waals surface area (Å²) in [5.41, 5.74) is 1.84. The van der Waals surface area contributed by atoms with Crippen LogP contribution >= 0.6 is 0 Å². The van der Waals surface area contributed by atoms with Crippen molar-refractivity contribution in [3.05, 3.63) is 101 Å². The maximum absolute atomic E-state index is 12.6. The molecule has 0 saturated heterocycles. The van der Waals surface area contributed by atoms with Crippen LogP contribution in [0.15, 0.2) is 89.5 Å². The first kappa shape index (κ1) is 25.7. The van der Waals surface area contributed by atoms with Crippen LogP contribution in [0.3, 0.4) is 0 Å². The van der Waals surface area contributed by atoms with Crippen LogP contribution in [0.2, 0.25) is 0 Å². The normalized spacial score (nSPS) is 11.5. The summed E-state index contributed by atoms with van der Waals surface area (Å²) in [4.78, 5) is 25.3. The molecule has 3 aromatic rings. The van der Waals surface area contributed by atoms with Crippen molar-refractivity contribution in [2.24, 2.45) is 0 Å². The number of amides is 2. The second kappa shape index (κ2) is 12.0. The molecule has 0 aliphatic carbocycles. The largest absolute Gasteiger partial charge is 0.396 e. The first-order chi connectivity index (χ1) is 16.8. The van der Waals surface area contributed by atoms with Crippen molar-refractivity contribution in [2.45, 2.75) is 18.2 Å². The summed E-state index contributed by atoms with van der Waals surface area (Å²) in [5, 5.41) is 14.2. The van der Waals surface area contributed by atoms with E-state index in [-0.39, 0.29) is 29.5 Å². The topological polar surface area (TPSA) is 122 Å². The third-order valence-corrected chi connectivity index (χ3v) is 6.12. The molecule has 35 heavy (non-hydrogen) atoms. The minimum Gasteiger partial charge on any atom is -0.396 e. The highest BCUT2D eigenvalue weighted by Gasteiger charge is 2.17. The van der Waals surface area contributed by atoms with Gasteiger partial charge in [0.1, 0.15) is 16.3 Å². The molecule has 0 unspecified atom stereocenters. The lowest BCUT2D eigenvalue weighted by Gasteiger charge is -2.11. The van der Waals surface area contributed by atoms with Gasteiger partial charge in [-0.05, 0) is 61.4 Å². The van der Waals surface area contributed by atoms with Gasteiger partial charge in [0.15, 0.2) is 0 Å². The molecule has 9 heteroatoms. The van der Waals surface area contributed by atoms with Gasteiger partial charge in [-0.2, -0.15) is 8.42 Å². The van der Waals surface area contributed by atoms with Crippen LogP contribution in [0.25, 0.3) is 6.08 Å². The number of hydrogen-bond acceptors (Lipinski definition) is 6. The number of nitrogens with one attached hydrogen (secondary N) is 2. The van der Waals surface area contributed by atoms with Crippen molar-refractivity contribution in [3.8, 4) is 5.75 Å². The van der Waals surface area contributed by atoms with Gasteiger partial charge < -0.3 is 19.9 Å². The highest BCUT2D eigenvalue weighted by atomic mass is 32.2. The second-order valence-corrected chi connectivity index (χ2v) is 9.18. The van der Waals surface area contributed by atoms with E-state index in [0.29, 0.717) is 17.5 Å². The van der Waals surface area contributed by atoms with E-state index >= 15 is 0 Å². The molecule has 182 valence electrons. The van der Waals surface area contributed by atoms with Crippen LogP contribution in [0.5, 0.6) is 5.75 Å². The smallest absolute Gasteiger partial charge is 0.339 e. The Morgan fingerprint density at radius 2 is 1.60 bits per heavy atom. The van der Waals surface area contributed by atoms with Crippen LogP contribution in [0.1, 0.15) is 27.9 Å². The van der Waals surface area contributed by atoms with E-state index in [4.69, 9.17) is 9.29 Å². The van der Waals surface area contributed by atoms with Crippen LogP contribution in [-0.4, -0.2) is 38.5 Å². The van der Waals surface area contributed by atoms with Gasteiger partial charge in [0, 0.05) is 18.7 Å². The monoisotopic (exact) mass is 494 g/mol. The molecule has 0 heterocycles. The van der Waals surface area contributed by atoms with Gasteiger partial charge in [-0.25, -0.2) is 0 Å². The van der Waals surface area contributed by atoms with E-state index in [0.717, 1.165) is 5.56 Å². The number of benzene rings is 3. The van der Waals surface area contributed by atoms with Gasteiger partial charge in [0.05, 0.1) is 0 Å². The Labute approximate surface area is 204 Å². The van der Waals surface area contributed by atoms with Crippen molar-refractivity contribution >= 4 is 28.0 Å². The molecule has 0 atom stereocenters. The molecule has 0 fully saturated rings. The van der Waals surface area contributed by atoms with Crippen LogP contribution in [-0.2, 0) is 14.9 Å². The van der Waals surface area contributed by atoms with Crippen LogP contribution in [0, 0.1) is 6.92 Å². The fourth-order valence-corrected chi connectivity index (χ4v) is 3.91. The molecule has 3 N–H and O–H groups in total. The highest BCUT2D eigenvalue weighted by molar-refractivity contribution is 7.87. The average molecular weight is 495 g/mol. The average Bonchev–Trinajstić information content (AvgIpc) is 2.85. The van der Waals surface area contributed by atoms with Gasteiger partial charge >= 0.3 is 10.1 Å². The second-order valence-electron chi connectivity index (χ2n) is 7.63. The van der Waals surface area contributed by atoms with E-state index in [1.807, 2.05) is 6.92 Å². The first-order valence-corrected chi connectivity index (χ1v) is 12.3. The maximum Gasteiger partial charge on any atom is 0.339 e. The number of carbonyl (C=O) groups excluding carboxylic acids is 2. The van der Waals surface area contributed by atoms with Gasteiger partial charge in [-0.15, -0.1) is 0 Å². The Kier molecular flexibility index (Phi) is 8.77. The van der Waals surface area contributed by atoms with Crippen LogP contribution < -0.4 is 14.8 Å². The quantitative estimate of drug-likeness (QED) is 0.226. The lowest BCUT2D eigenvalue weighted by atomic mass is 10.1. The molecule has 8 nitrogen and oxygen atoms in total. The van der Waals surface area contributed by atoms with Crippen molar-refractivity contribution in [2.75, 3.05) is 13.2 Å². The van der Waals surface area contributed by atoms with E-state index in [1.165, 1.54) is 30.3 Å². The molecule has 0 saturated carbocycles. The SMILES string of the molecule is Cc1ccc(S(=O)(=O)Oc2ccc(/C=C(/NC(=O)c3ccccc3)C(=O)NCCCO)cc2)cc1. The van der Waals surface area contributed by atoms with Gasteiger partial charge in [0.2, 0.25) is 0 Å². The lowest BCUT2D eigenvalue weighted by Crippen LogP contribution is -2.35. The Morgan fingerprint density at radius 3 is 2.23 bits per heavy atom. The number of carbonyl (C=O) groups is 2. The molecule has 0 aliphatic heterocycles. The summed E-state index contributed by atoms with van der Waals surface area (Å²) >= 11 is 0. The Morgan fingerprint density at radius 1 is 0.943 bits per heavy atom. The van der Waals surface area contributed by atoms with Gasteiger partial charge in [0.25, 0.3) is 11.8 Å². The third-order valence-electron chi connectivity index (χ3n) is 4.86. The first-order valence-electron chi connectivity index (χ1n) is 10.9. The molecule has 0 bridgehead atoms. The Hall–Kier alpha value is -3.95. The minimum absolute atomic E-state index is 0.00209. The molecular weight excluding hydrogens is 468 g/mol. The molecule has 0 spiro atoms. The standard InChI is InChI=1S/C26H26N2O6S/c1-19-8-14-23(15-9-19)35(32,33)34-22-12-10-20(11-13-22)18-24(26(31)27-16-5-17-29)28-25(30)21-6-3-2-4-7-21/h2-4,6-15,18,29H,5,16-17H2,1H3,(H,27,31)(H,28,30)/b24-18+. The van der Waals surface area contributed by atoms with Crippen LogP contribution in [0.4, 0.5) is 0 Å². The minimum atomic E-state index is -4.00. The number of aliphatic hydroxyl groups is 1. The molecule has 0 radical (unpaired) electrons. The summed E-state index contributed by atoms with van der Waals surface area (Å²) in [6.45, 7) is 2.01. The zero-order valence-corrected chi connectivity index (χ0v) is 19.9. The molecule has 0 aliphatic rings. The van der Waals surface area contributed by atoms with E-state index in [2.05, 4.69) is 10.6 Å². The predicted octanol–water partition coefficient (Wildman–Crippen LogP) is 3.03. The molecule has 3 rings (SSSR count). The van der Waals surface area contributed by atoms with Gasteiger partial charge in [-0.1, -0.05) is 48.0 Å². The van der Waals surface area contributed by atoms with Crippen molar-refractivity contribution in [1.29, 1.82) is 0 Å². The fourth-order valence-electron chi connectivity index (χ4n) is 2.98. The molecule has 3 aromatic carbocycles. The summed E-state index contributed by atoms with van der Waals surface area (Å²) in [6, 6.07) is 20.8. The van der Waals surface area contributed by atoms with Crippen molar-refractivity contribution in [3.63, 3.8) is 0 Å². The number of aliphatic hydroxyl groups excluding tert-OH is 1. The molecule has 2 amide bonds. The summed E-state index contributed by atoms with van der Waals surface area (Å²) in [5.74, 6) is -0.881.